The molecule has 2 rings (SSSR count). The first-order valence-electron chi connectivity index (χ1n) is 4.84. The Morgan fingerprint density at radius 3 is 2.56 bits per heavy atom. The minimum absolute atomic E-state index is 0.160. The van der Waals surface area contributed by atoms with Gasteiger partial charge in [-0.15, -0.1) is 0 Å². The molecule has 0 atom stereocenters. The zero-order valence-corrected chi connectivity index (χ0v) is 9.31. The Morgan fingerprint density at radius 1 is 1.44 bits per heavy atom. The number of carboxylic acid groups (broad SMARTS) is 1. The van der Waals surface area contributed by atoms with E-state index >= 15 is 0 Å². The van der Waals surface area contributed by atoms with Gasteiger partial charge in [0.2, 0.25) is 0 Å². The first kappa shape index (κ1) is 10.5. The van der Waals surface area contributed by atoms with Gasteiger partial charge in [0, 0.05) is 12.6 Å². The molecule has 0 fully saturated rings. The highest BCUT2D eigenvalue weighted by Gasteiger charge is 2.16. The molecule has 5 nitrogen and oxygen atoms in total. The van der Waals surface area contributed by atoms with Crippen LogP contribution < -0.4 is 0 Å². The minimum Gasteiger partial charge on any atom is -0.477 e. The van der Waals surface area contributed by atoms with Crippen molar-refractivity contribution < 1.29 is 14.3 Å². The molecule has 16 heavy (non-hydrogen) atoms. The summed E-state index contributed by atoms with van der Waals surface area (Å²) in [7, 11) is 1.61. The smallest absolute Gasteiger partial charge is 0.354 e. The molecule has 0 aliphatic rings. The molecule has 0 unspecified atom stereocenters. The van der Waals surface area contributed by atoms with Crippen molar-refractivity contribution in [2.45, 2.75) is 13.8 Å². The molecule has 0 bridgehead atoms. The van der Waals surface area contributed by atoms with Crippen LogP contribution in [0.5, 0.6) is 0 Å². The molecular weight excluding hydrogens is 208 g/mol. The summed E-state index contributed by atoms with van der Waals surface area (Å²) in [5.41, 5.74) is 1.61. The van der Waals surface area contributed by atoms with Gasteiger partial charge in [-0.05, 0) is 26.0 Å². The Kier molecular flexibility index (Phi) is 2.30. The largest absolute Gasteiger partial charge is 0.477 e. The van der Waals surface area contributed by atoms with Gasteiger partial charge in [-0.1, -0.05) is 0 Å². The summed E-state index contributed by atoms with van der Waals surface area (Å²) >= 11 is 0. The molecule has 0 spiro atoms. The average molecular weight is 220 g/mol. The number of aromatic carboxylic acids is 1. The van der Waals surface area contributed by atoms with Gasteiger partial charge in [0.1, 0.15) is 17.2 Å². The average Bonchev–Trinajstić information content (AvgIpc) is 2.69. The maximum Gasteiger partial charge on any atom is 0.354 e. The minimum atomic E-state index is -0.987. The molecule has 2 aromatic rings. The number of aryl methyl sites for hydroxylation is 3. The van der Waals surface area contributed by atoms with Crippen LogP contribution in [0.1, 0.15) is 22.0 Å². The van der Waals surface area contributed by atoms with E-state index in [-0.39, 0.29) is 5.69 Å². The molecule has 2 aromatic heterocycles. The summed E-state index contributed by atoms with van der Waals surface area (Å²) in [6.07, 6.45) is 0. The highest BCUT2D eigenvalue weighted by Crippen LogP contribution is 2.25. The summed E-state index contributed by atoms with van der Waals surface area (Å²) in [5, 5.41) is 13.1. The lowest BCUT2D eigenvalue weighted by Gasteiger charge is -1.92. The van der Waals surface area contributed by atoms with Crippen molar-refractivity contribution in [3.8, 4) is 11.3 Å². The Balaban J connectivity index is 2.53. The molecule has 84 valence electrons. The second-order valence-corrected chi connectivity index (χ2v) is 3.67. The third kappa shape index (κ3) is 1.60. The normalized spacial score (nSPS) is 10.7. The third-order valence-corrected chi connectivity index (χ3v) is 2.42. The number of nitrogens with zero attached hydrogens (tertiary/aromatic N) is 2. The van der Waals surface area contributed by atoms with E-state index in [1.54, 1.807) is 13.1 Å². The molecular formula is C11H12N2O3. The lowest BCUT2D eigenvalue weighted by molar-refractivity contribution is 0.0685. The van der Waals surface area contributed by atoms with Crippen molar-refractivity contribution in [2.24, 2.45) is 7.05 Å². The highest BCUT2D eigenvalue weighted by molar-refractivity contribution is 5.87. The molecule has 2 heterocycles. The van der Waals surface area contributed by atoms with Gasteiger partial charge >= 0.3 is 5.97 Å². The summed E-state index contributed by atoms with van der Waals surface area (Å²) in [6, 6.07) is 3.39. The fourth-order valence-electron chi connectivity index (χ4n) is 1.68. The summed E-state index contributed by atoms with van der Waals surface area (Å²) in [6.45, 7) is 3.68. The summed E-state index contributed by atoms with van der Waals surface area (Å²) in [5.74, 6) is 0.543. The zero-order valence-electron chi connectivity index (χ0n) is 9.31. The molecule has 0 radical (unpaired) electrons. The fourth-order valence-corrected chi connectivity index (χ4v) is 1.68. The number of rotatable bonds is 2. The second kappa shape index (κ2) is 3.52. The van der Waals surface area contributed by atoms with E-state index in [9.17, 15) is 4.79 Å². The van der Waals surface area contributed by atoms with E-state index in [0.29, 0.717) is 5.69 Å². The molecule has 5 heteroatoms. The van der Waals surface area contributed by atoms with E-state index in [4.69, 9.17) is 9.52 Å². The van der Waals surface area contributed by atoms with Crippen molar-refractivity contribution in [1.82, 2.24) is 9.78 Å². The molecule has 0 aromatic carbocycles. The van der Waals surface area contributed by atoms with E-state index in [1.807, 2.05) is 19.9 Å². The van der Waals surface area contributed by atoms with Crippen LogP contribution in [0.15, 0.2) is 16.5 Å². The third-order valence-electron chi connectivity index (χ3n) is 2.42. The van der Waals surface area contributed by atoms with E-state index in [2.05, 4.69) is 5.10 Å². The van der Waals surface area contributed by atoms with Crippen molar-refractivity contribution in [3.63, 3.8) is 0 Å². The van der Waals surface area contributed by atoms with Crippen LogP contribution in [0.2, 0.25) is 0 Å². The predicted octanol–water partition coefficient (Wildman–Crippen LogP) is 2.00. The van der Waals surface area contributed by atoms with E-state index < -0.39 is 5.97 Å². The van der Waals surface area contributed by atoms with Crippen LogP contribution in [0.4, 0.5) is 0 Å². The van der Waals surface area contributed by atoms with Crippen molar-refractivity contribution >= 4 is 5.97 Å². The first-order chi connectivity index (χ1) is 7.49. The maximum absolute atomic E-state index is 10.9. The van der Waals surface area contributed by atoms with Crippen LogP contribution in [0.3, 0.4) is 0 Å². The maximum atomic E-state index is 10.9. The number of aromatic nitrogens is 2. The van der Waals surface area contributed by atoms with Crippen LogP contribution >= 0.6 is 0 Å². The number of furan rings is 1. The number of hydrogen-bond donors (Lipinski definition) is 1. The Morgan fingerprint density at radius 2 is 2.12 bits per heavy atom. The van der Waals surface area contributed by atoms with Crippen LogP contribution in [0, 0.1) is 13.8 Å². The fraction of sp³-hybridized carbons (Fsp3) is 0.273. The first-order valence-corrected chi connectivity index (χ1v) is 4.84. The van der Waals surface area contributed by atoms with Crippen LogP contribution in [0.25, 0.3) is 11.3 Å². The zero-order chi connectivity index (χ0) is 11.9. The SMILES string of the molecule is Cc1cc(-c2cc(C(=O)O)n(C)n2)c(C)o1. The van der Waals surface area contributed by atoms with Gasteiger partial charge in [-0.2, -0.15) is 5.10 Å². The van der Waals surface area contributed by atoms with Crippen molar-refractivity contribution in [3.05, 3.63) is 29.3 Å². The number of carbonyl (C=O) groups is 1. The standard InChI is InChI=1S/C11H12N2O3/c1-6-4-8(7(2)16-6)9-5-10(11(14)15)13(3)12-9/h4-5H,1-3H3,(H,14,15). The molecule has 0 saturated heterocycles. The van der Waals surface area contributed by atoms with Gasteiger partial charge in [-0.3, -0.25) is 4.68 Å². The molecule has 1 N–H and O–H groups in total. The van der Waals surface area contributed by atoms with E-state index in [0.717, 1.165) is 17.1 Å². The van der Waals surface area contributed by atoms with Crippen LogP contribution in [-0.2, 0) is 7.05 Å². The second-order valence-electron chi connectivity index (χ2n) is 3.67. The predicted molar refractivity (Wildman–Crippen MR) is 57.3 cm³/mol. The van der Waals surface area contributed by atoms with Crippen molar-refractivity contribution in [1.29, 1.82) is 0 Å². The van der Waals surface area contributed by atoms with Gasteiger partial charge in [0.15, 0.2) is 0 Å². The van der Waals surface area contributed by atoms with Gasteiger partial charge in [-0.25, -0.2) is 4.79 Å². The quantitative estimate of drug-likeness (QED) is 0.840. The van der Waals surface area contributed by atoms with Crippen molar-refractivity contribution in [2.75, 3.05) is 0 Å². The van der Waals surface area contributed by atoms with Gasteiger partial charge < -0.3 is 9.52 Å². The monoisotopic (exact) mass is 220 g/mol. The Labute approximate surface area is 92.3 Å². The Bertz CT molecular complexity index is 552. The molecule has 0 aliphatic heterocycles. The topological polar surface area (TPSA) is 68.3 Å². The Hall–Kier alpha value is -2.04. The summed E-state index contributed by atoms with van der Waals surface area (Å²) in [4.78, 5) is 10.9. The molecule has 0 saturated carbocycles. The molecule has 0 aliphatic carbocycles. The van der Waals surface area contributed by atoms with Crippen LogP contribution in [-0.4, -0.2) is 20.9 Å². The van der Waals surface area contributed by atoms with Gasteiger partial charge in [0.05, 0.1) is 5.69 Å². The lowest BCUT2D eigenvalue weighted by atomic mass is 10.2. The highest BCUT2D eigenvalue weighted by atomic mass is 16.4. The summed E-state index contributed by atoms with van der Waals surface area (Å²) < 4.78 is 6.73. The van der Waals surface area contributed by atoms with Gasteiger partial charge in [0.25, 0.3) is 0 Å². The lowest BCUT2D eigenvalue weighted by Crippen LogP contribution is -2.04. The number of hydrogen-bond acceptors (Lipinski definition) is 3. The van der Waals surface area contributed by atoms with E-state index in [1.165, 1.54) is 4.68 Å². The number of carboxylic acids is 1. The molecule has 0 amide bonds.